The molecule has 45 heavy (non-hydrogen) atoms. The summed E-state index contributed by atoms with van der Waals surface area (Å²) in [6.45, 7) is 14.3. The van der Waals surface area contributed by atoms with E-state index < -0.39 is 7.14 Å². The molecule has 238 valence electrons. The van der Waals surface area contributed by atoms with Crippen LogP contribution in [0.1, 0.15) is 24.0 Å². The van der Waals surface area contributed by atoms with E-state index in [0.29, 0.717) is 39.8 Å². The van der Waals surface area contributed by atoms with Gasteiger partial charge in [0.05, 0.1) is 29.3 Å². The maximum absolute atomic E-state index is 13.4. The summed E-state index contributed by atoms with van der Waals surface area (Å²) in [6.07, 6.45) is 7.39. The predicted octanol–water partition coefficient (Wildman–Crippen LogP) is 5.00. The van der Waals surface area contributed by atoms with Gasteiger partial charge in [-0.3, -0.25) is 14.9 Å². The summed E-state index contributed by atoms with van der Waals surface area (Å²) >= 11 is 0. The van der Waals surface area contributed by atoms with E-state index in [0.717, 1.165) is 43.2 Å². The highest BCUT2D eigenvalue weighted by atomic mass is 31.2. The van der Waals surface area contributed by atoms with E-state index in [2.05, 4.69) is 66.4 Å². The van der Waals surface area contributed by atoms with Crippen LogP contribution in [0.4, 0.5) is 28.8 Å². The lowest BCUT2D eigenvalue weighted by Gasteiger charge is -2.43. The molecule has 11 nitrogen and oxygen atoms in total. The zero-order valence-corrected chi connectivity index (χ0v) is 28.1. The van der Waals surface area contributed by atoms with E-state index >= 15 is 0 Å². The number of piperidine rings is 1. The Labute approximate surface area is 265 Å². The van der Waals surface area contributed by atoms with Crippen LogP contribution in [0.15, 0.2) is 42.9 Å². The van der Waals surface area contributed by atoms with Gasteiger partial charge in [-0.25, -0.2) is 4.98 Å². The molecular formula is C33H44N9O2P. The second-order valence-corrected chi connectivity index (χ2v) is 15.8. The molecule has 6 rings (SSSR count). The van der Waals surface area contributed by atoms with Crippen LogP contribution in [0.2, 0.25) is 0 Å². The fraction of sp³-hybridized carbons (Fsp3) is 0.455. The maximum Gasteiger partial charge on any atom is 0.229 e. The van der Waals surface area contributed by atoms with Gasteiger partial charge in [0.2, 0.25) is 5.95 Å². The molecule has 0 saturated carbocycles. The number of benzene rings is 2. The lowest BCUT2D eigenvalue weighted by Crippen LogP contribution is -2.52. The molecule has 4 heterocycles. The van der Waals surface area contributed by atoms with Gasteiger partial charge in [-0.05, 0) is 70.8 Å². The molecule has 0 unspecified atom stereocenters. The van der Waals surface area contributed by atoms with Gasteiger partial charge in [0.25, 0.3) is 0 Å². The number of fused-ring (bicyclic) bond motifs is 1. The molecule has 0 amide bonds. The topological polar surface area (TPSA) is 112 Å². The number of likely N-dealkylation sites (N-methyl/N-ethyl adjacent to an activating group) is 1. The zero-order chi connectivity index (χ0) is 31.7. The minimum Gasteiger partial charge on any atom is -0.494 e. The molecule has 4 aromatic rings. The number of methoxy groups -OCH3 is 1. The van der Waals surface area contributed by atoms with Crippen molar-refractivity contribution in [1.29, 1.82) is 0 Å². The van der Waals surface area contributed by atoms with Gasteiger partial charge in [0.15, 0.2) is 0 Å². The van der Waals surface area contributed by atoms with Gasteiger partial charge in [-0.2, -0.15) is 4.98 Å². The smallest absolute Gasteiger partial charge is 0.229 e. The first kappa shape index (κ1) is 31.2. The van der Waals surface area contributed by atoms with Gasteiger partial charge in [-0.1, -0.05) is 0 Å². The fourth-order valence-electron chi connectivity index (χ4n) is 6.49. The fourth-order valence-corrected chi connectivity index (χ4v) is 7.88. The van der Waals surface area contributed by atoms with Crippen LogP contribution in [0.5, 0.6) is 5.75 Å². The minimum absolute atomic E-state index is 0.430. The van der Waals surface area contributed by atoms with Crippen LogP contribution in [0.25, 0.3) is 11.0 Å². The molecule has 12 heteroatoms. The molecule has 0 aliphatic carbocycles. The Balaban J connectivity index is 1.21. The van der Waals surface area contributed by atoms with E-state index in [1.54, 1.807) is 39.0 Å². The van der Waals surface area contributed by atoms with Crippen molar-refractivity contribution in [2.45, 2.75) is 32.7 Å². The molecule has 2 aliphatic rings. The molecule has 2 aromatic carbocycles. The number of aromatic nitrogens is 4. The van der Waals surface area contributed by atoms with E-state index in [1.807, 2.05) is 19.1 Å². The quantitative estimate of drug-likeness (QED) is 0.257. The molecule has 0 spiro atoms. The van der Waals surface area contributed by atoms with Crippen molar-refractivity contribution in [3.05, 3.63) is 54.0 Å². The second-order valence-electron chi connectivity index (χ2n) is 12.6. The van der Waals surface area contributed by atoms with Gasteiger partial charge in [0.1, 0.15) is 24.2 Å². The van der Waals surface area contributed by atoms with E-state index in [-0.39, 0.29) is 0 Å². The number of ether oxygens (including phenoxy) is 1. The molecular weight excluding hydrogens is 585 g/mol. The molecule has 2 aromatic heterocycles. The Hall–Kier alpha value is -3.79. The summed E-state index contributed by atoms with van der Waals surface area (Å²) in [5.41, 5.74) is 6.06. The predicted molar refractivity (Wildman–Crippen MR) is 184 cm³/mol. The highest BCUT2D eigenvalue weighted by Crippen LogP contribution is 2.41. The van der Waals surface area contributed by atoms with Crippen molar-refractivity contribution in [3.63, 3.8) is 0 Å². The molecule has 0 radical (unpaired) electrons. The van der Waals surface area contributed by atoms with Gasteiger partial charge >= 0.3 is 0 Å². The monoisotopic (exact) mass is 629 g/mol. The first-order valence-electron chi connectivity index (χ1n) is 15.6. The second kappa shape index (κ2) is 12.9. The number of aryl methyl sites for hydroxylation is 2. The Kier molecular flexibility index (Phi) is 8.95. The summed E-state index contributed by atoms with van der Waals surface area (Å²) in [5.74, 6) is 1.78. The molecule has 2 fully saturated rings. The molecule has 0 atom stereocenters. The number of rotatable bonds is 8. The number of hydrogen-bond donors (Lipinski definition) is 2. The summed E-state index contributed by atoms with van der Waals surface area (Å²) in [7, 11) is 1.19. The van der Waals surface area contributed by atoms with Crippen molar-refractivity contribution in [2.75, 3.05) is 82.3 Å². The Morgan fingerprint density at radius 2 is 1.62 bits per heavy atom. The molecule has 2 saturated heterocycles. The lowest BCUT2D eigenvalue weighted by atomic mass is 10.0. The van der Waals surface area contributed by atoms with E-state index in [1.165, 1.54) is 37.2 Å². The highest BCUT2D eigenvalue weighted by molar-refractivity contribution is 7.71. The Bertz CT molecular complexity index is 1730. The van der Waals surface area contributed by atoms with Crippen molar-refractivity contribution >= 4 is 52.3 Å². The molecule has 2 N–H and O–H groups in total. The third kappa shape index (κ3) is 6.76. The summed E-state index contributed by atoms with van der Waals surface area (Å²) in [5, 5.41) is 7.45. The number of nitrogens with one attached hydrogen (secondary N) is 2. The Morgan fingerprint density at radius 3 is 2.33 bits per heavy atom. The van der Waals surface area contributed by atoms with Crippen LogP contribution in [0, 0.1) is 13.8 Å². The van der Waals surface area contributed by atoms with Crippen molar-refractivity contribution in [1.82, 2.24) is 29.7 Å². The minimum atomic E-state index is -2.71. The standard InChI is InChI=1S/C33H44N9O2P/c1-22-19-27(29(44-4)20-28(22)42-13-9-24(10-14-42)41-17-15-40(3)16-18-41)38-33-36-21-23(2)32(39-33)37-26-8-7-25-30(35-12-11-34-25)31(26)45(5,6)43/h7-8,11-12,19-21,24H,9-10,13-18H2,1-6H3,(H2,36,37,38,39). The van der Waals surface area contributed by atoms with Gasteiger partial charge < -0.3 is 29.7 Å². The lowest BCUT2D eigenvalue weighted by molar-refractivity contribution is 0.0982. The number of hydrogen-bond acceptors (Lipinski definition) is 11. The largest absolute Gasteiger partial charge is 0.494 e. The van der Waals surface area contributed by atoms with Crippen LogP contribution in [0.3, 0.4) is 0 Å². The van der Waals surface area contributed by atoms with Crippen LogP contribution >= 0.6 is 7.14 Å². The van der Waals surface area contributed by atoms with E-state index in [4.69, 9.17) is 9.72 Å². The highest BCUT2D eigenvalue weighted by Gasteiger charge is 2.28. The average Bonchev–Trinajstić information content (AvgIpc) is 3.02. The van der Waals surface area contributed by atoms with Crippen molar-refractivity contribution < 1.29 is 9.30 Å². The normalized spacial score (nSPS) is 17.1. The first-order valence-corrected chi connectivity index (χ1v) is 18.2. The number of nitrogens with zero attached hydrogens (tertiary/aromatic N) is 7. The first-order chi connectivity index (χ1) is 21.6. The van der Waals surface area contributed by atoms with E-state index in [9.17, 15) is 4.57 Å². The van der Waals surface area contributed by atoms with Crippen molar-refractivity contribution in [2.24, 2.45) is 0 Å². The zero-order valence-electron chi connectivity index (χ0n) is 27.2. The molecule has 2 aliphatic heterocycles. The molecule has 0 bridgehead atoms. The van der Waals surface area contributed by atoms with Gasteiger partial charge in [-0.15, -0.1) is 0 Å². The van der Waals surface area contributed by atoms with Gasteiger partial charge in [0, 0.05) is 81.2 Å². The summed E-state index contributed by atoms with van der Waals surface area (Å²) in [6, 6.07) is 8.67. The summed E-state index contributed by atoms with van der Waals surface area (Å²) in [4.78, 5) is 25.9. The third-order valence-corrected chi connectivity index (χ3v) is 10.5. The summed E-state index contributed by atoms with van der Waals surface area (Å²) < 4.78 is 19.3. The van der Waals surface area contributed by atoms with Crippen LogP contribution in [-0.4, -0.2) is 103 Å². The number of anilines is 5. The SMILES string of the molecule is COc1cc(N2CCC(N3CCN(C)CC3)CC2)c(C)cc1Nc1ncc(C)c(Nc2ccc3nccnc3c2P(C)(C)=O)n1. The maximum atomic E-state index is 13.4. The number of piperazine rings is 1. The third-order valence-electron chi connectivity index (χ3n) is 9.00. The average molecular weight is 630 g/mol. The Morgan fingerprint density at radius 1 is 0.889 bits per heavy atom. The van der Waals surface area contributed by atoms with Crippen LogP contribution < -0.4 is 25.6 Å². The van der Waals surface area contributed by atoms with Crippen molar-refractivity contribution in [3.8, 4) is 5.75 Å². The van der Waals surface area contributed by atoms with Crippen LogP contribution in [-0.2, 0) is 4.57 Å².